The number of aliphatic hydroxyl groups excluding tert-OH is 1. The van der Waals surface area contributed by atoms with E-state index in [1.54, 1.807) is 13.2 Å². The summed E-state index contributed by atoms with van der Waals surface area (Å²) < 4.78 is 16.4. The van der Waals surface area contributed by atoms with Crippen molar-refractivity contribution in [3.63, 3.8) is 0 Å². The van der Waals surface area contributed by atoms with Crippen LogP contribution in [0.25, 0.3) is 0 Å². The summed E-state index contributed by atoms with van der Waals surface area (Å²) >= 11 is 0. The van der Waals surface area contributed by atoms with E-state index in [0.29, 0.717) is 16.9 Å². The number of benzene rings is 1. The van der Waals surface area contributed by atoms with Gasteiger partial charge in [0.15, 0.2) is 23.0 Å². The van der Waals surface area contributed by atoms with E-state index in [1.165, 1.54) is 14.2 Å². The number of methoxy groups -OCH3 is 3. The van der Waals surface area contributed by atoms with Crippen molar-refractivity contribution in [1.29, 1.82) is 0 Å². The number of carbonyl (C=O) groups excluding carboxylic acids is 1. The summed E-state index contributed by atoms with van der Waals surface area (Å²) in [6.07, 6.45) is 1.66. The van der Waals surface area contributed by atoms with Gasteiger partial charge in [-0.3, -0.25) is 4.79 Å². The van der Waals surface area contributed by atoms with Crippen LogP contribution in [0.15, 0.2) is 17.9 Å². The minimum atomic E-state index is -0.391. The molecule has 2 aliphatic carbocycles. The third-order valence-electron chi connectivity index (χ3n) is 5.74. The van der Waals surface area contributed by atoms with Crippen molar-refractivity contribution >= 4 is 5.78 Å². The van der Waals surface area contributed by atoms with E-state index >= 15 is 0 Å². The molecule has 27 heavy (non-hydrogen) atoms. The monoisotopic (exact) mass is 377 g/mol. The molecule has 2 N–H and O–H groups in total. The maximum Gasteiger partial charge on any atom is 0.197 e. The molecule has 4 atom stereocenters. The zero-order valence-electron chi connectivity index (χ0n) is 16.4. The molecule has 2 aliphatic rings. The number of Topliss-reactive ketones (excluding diaryl/α,β-unsaturated/α-hetero) is 1. The van der Waals surface area contributed by atoms with Crippen LogP contribution in [0.2, 0.25) is 0 Å². The smallest absolute Gasteiger partial charge is 0.197 e. The first-order valence-electron chi connectivity index (χ1n) is 8.91. The second-order valence-corrected chi connectivity index (χ2v) is 7.23. The molecule has 1 aromatic carbocycles. The molecule has 0 saturated carbocycles. The highest BCUT2D eigenvalue weighted by Crippen LogP contribution is 2.55. The Balaban J connectivity index is 2.33. The van der Waals surface area contributed by atoms with Crippen LogP contribution < -0.4 is 4.74 Å². The molecule has 0 aliphatic heterocycles. The van der Waals surface area contributed by atoms with E-state index in [0.717, 1.165) is 5.56 Å². The number of hydrogen-bond donors (Lipinski definition) is 2. The third kappa shape index (κ3) is 2.99. The van der Waals surface area contributed by atoms with Crippen molar-refractivity contribution in [2.24, 2.45) is 5.92 Å². The standard InChI is InChI=1S/C20H27NO6/c1-21(2)18-12-8-14(25-3)13(23)7-11(12)17-16(20(18)27-5)10(9-22)6-15(26-4)19(17)24/h6,8,11-12,18,20,22,24H,7,9H2,1-5H3/t11?,12?,18-,20-/m1/s1. The van der Waals surface area contributed by atoms with Gasteiger partial charge < -0.3 is 29.3 Å². The Morgan fingerprint density at radius 3 is 2.41 bits per heavy atom. The first-order valence-corrected chi connectivity index (χ1v) is 8.91. The van der Waals surface area contributed by atoms with Gasteiger partial charge in [-0.25, -0.2) is 0 Å². The molecule has 0 heterocycles. The highest BCUT2D eigenvalue weighted by atomic mass is 16.5. The molecule has 0 amide bonds. The SMILES string of the molecule is COC1=CC2C(CC1=O)c1c(O)c(OC)cc(CO)c1[C@@H](OC)[C@@H]2N(C)C. The zero-order valence-corrected chi connectivity index (χ0v) is 16.4. The van der Waals surface area contributed by atoms with E-state index in [1.807, 2.05) is 20.2 Å². The van der Waals surface area contributed by atoms with Gasteiger partial charge >= 0.3 is 0 Å². The number of phenolic OH excluding ortho intramolecular Hbond substituents is 1. The lowest BCUT2D eigenvalue weighted by molar-refractivity contribution is -0.120. The van der Waals surface area contributed by atoms with Gasteiger partial charge in [0.25, 0.3) is 0 Å². The van der Waals surface area contributed by atoms with Crippen LogP contribution in [0.5, 0.6) is 11.5 Å². The number of rotatable bonds is 5. The minimum absolute atomic E-state index is 0.000947. The Bertz CT molecular complexity index is 772. The molecule has 0 aromatic heterocycles. The largest absolute Gasteiger partial charge is 0.504 e. The van der Waals surface area contributed by atoms with Crippen molar-refractivity contribution < 1.29 is 29.2 Å². The fraction of sp³-hybridized carbons (Fsp3) is 0.550. The maximum atomic E-state index is 12.5. The molecule has 0 fully saturated rings. The molecule has 3 rings (SSSR count). The number of ether oxygens (including phenoxy) is 3. The normalized spacial score (nSPS) is 27.1. The molecule has 0 saturated heterocycles. The lowest BCUT2D eigenvalue weighted by atomic mass is 9.65. The van der Waals surface area contributed by atoms with Crippen LogP contribution in [0.1, 0.15) is 35.1 Å². The average Bonchev–Trinajstić information content (AvgIpc) is 2.66. The van der Waals surface area contributed by atoms with Crippen molar-refractivity contribution in [1.82, 2.24) is 4.90 Å². The van der Waals surface area contributed by atoms with E-state index in [-0.39, 0.29) is 48.2 Å². The summed E-state index contributed by atoms with van der Waals surface area (Å²) in [5, 5.41) is 20.9. The summed E-state index contributed by atoms with van der Waals surface area (Å²) in [7, 11) is 8.48. The van der Waals surface area contributed by atoms with Crippen LogP contribution >= 0.6 is 0 Å². The maximum absolute atomic E-state index is 12.5. The first kappa shape index (κ1) is 19.7. The second-order valence-electron chi connectivity index (χ2n) is 7.23. The van der Waals surface area contributed by atoms with Gasteiger partial charge in [0.1, 0.15) is 0 Å². The highest BCUT2D eigenvalue weighted by Gasteiger charge is 2.49. The quantitative estimate of drug-likeness (QED) is 0.808. The van der Waals surface area contributed by atoms with Gasteiger partial charge in [0, 0.05) is 37.0 Å². The van der Waals surface area contributed by atoms with Gasteiger partial charge in [-0.1, -0.05) is 0 Å². The fourth-order valence-electron chi connectivity index (χ4n) is 4.61. The Morgan fingerprint density at radius 2 is 1.89 bits per heavy atom. The number of likely N-dealkylation sites (N-methyl/N-ethyl adjacent to an activating group) is 1. The topological polar surface area (TPSA) is 88.5 Å². The van der Waals surface area contributed by atoms with Crippen LogP contribution in [-0.4, -0.2) is 62.4 Å². The van der Waals surface area contributed by atoms with Gasteiger partial charge in [-0.2, -0.15) is 0 Å². The van der Waals surface area contributed by atoms with Gasteiger partial charge in [-0.05, 0) is 37.4 Å². The summed E-state index contributed by atoms with van der Waals surface area (Å²) in [5.41, 5.74) is 1.99. The predicted molar refractivity (Wildman–Crippen MR) is 98.8 cm³/mol. The molecule has 0 radical (unpaired) electrons. The van der Waals surface area contributed by atoms with Gasteiger partial charge in [0.05, 0.1) is 26.9 Å². The predicted octanol–water partition coefficient (Wildman–Crippen LogP) is 1.73. The number of nitrogens with zero attached hydrogens (tertiary/aromatic N) is 1. The molecule has 148 valence electrons. The Morgan fingerprint density at radius 1 is 1.19 bits per heavy atom. The molecule has 2 unspecified atom stereocenters. The number of hydrogen-bond acceptors (Lipinski definition) is 7. The van der Waals surface area contributed by atoms with E-state index in [4.69, 9.17) is 14.2 Å². The average molecular weight is 377 g/mol. The van der Waals surface area contributed by atoms with Crippen molar-refractivity contribution in [3.05, 3.63) is 34.6 Å². The van der Waals surface area contributed by atoms with E-state index in [2.05, 4.69) is 4.90 Å². The Kier molecular flexibility index (Phi) is 5.46. The number of phenols is 1. The highest BCUT2D eigenvalue weighted by molar-refractivity contribution is 5.95. The molecule has 0 bridgehead atoms. The number of ketones is 1. The number of aliphatic hydroxyl groups is 1. The number of aromatic hydroxyl groups is 1. The minimum Gasteiger partial charge on any atom is -0.504 e. The van der Waals surface area contributed by atoms with Gasteiger partial charge in [0.2, 0.25) is 0 Å². The summed E-state index contributed by atoms with van der Waals surface area (Å²) in [6, 6.07) is 1.54. The second kappa shape index (κ2) is 7.50. The number of fused-ring (bicyclic) bond motifs is 3. The molecule has 1 aromatic rings. The van der Waals surface area contributed by atoms with E-state index in [9.17, 15) is 15.0 Å². The molecule has 7 nitrogen and oxygen atoms in total. The van der Waals surface area contributed by atoms with Crippen molar-refractivity contribution in [3.8, 4) is 11.5 Å². The number of carbonyl (C=O) groups is 1. The lowest BCUT2D eigenvalue weighted by Gasteiger charge is -2.47. The van der Waals surface area contributed by atoms with Crippen LogP contribution in [-0.2, 0) is 20.9 Å². The summed E-state index contributed by atoms with van der Waals surface area (Å²) in [5.74, 6) is 0.155. The molecule has 7 heteroatoms. The zero-order chi connectivity index (χ0) is 19.9. The van der Waals surface area contributed by atoms with Crippen LogP contribution in [0, 0.1) is 5.92 Å². The van der Waals surface area contributed by atoms with Crippen LogP contribution in [0.4, 0.5) is 0 Å². The molecular formula is C20H27NO6. The van der Waals surface area contributed by atoms with Crippen molar-refractivity contribution in [2.45, 2.75) is 31.1 Å². The fourth-order valence-corrected chi connectivity index (χ4v) is 4.61. The van der Waals surface area contributed by atoms with E-state index < -0.39 is 6.10 Å². The van der Waals surface area contributed by atoms with Crippen LogP contribution in [0.3, 0.4) is 0 Å². The molecule has 0 spiro atoms. The van der Waals surface area contributed by atoms with Gasteiger partial charge in [-0.15, -0.1) is 0 Å². The Labute approximate surface area is 159 Å². The number of allylic oxidation sites excluding steroid dienone is 1. The summed E-state index contributed by atoms with van der Waals surface area (Å²) in [6.45, 7) is -0.219. The van der Waals surface area contributed by atoms with Crippen molar-refractivity contribution in [2.75, 3.05) is 35.4 Å². The summed E-state index contributed by atoms with van der Waals surface area (Å²) in [4.78, 5) is 14.6. The lowest BCUT2D eigenvalue weighted by Crippen LogP contribution is -2.48. The Hall–Kier alpha value is -2.09. The first-order chi connectivity index (χ1) is 12.9. The third-order valence-corrected chi connectivity index (χ3v) is 5.74. The molecular weight excluding hydrogens is 350 g/mol.